The molecule has 1 spiro atoms. The summed E-state index contributed by atoms with van der Waals surface area (Å²) in [6.45, 7) is 9.25. The van der Waals surface area contributed by atoms with Crippen molar-refractivity contribution in [2.75, 3.05) is 74.5 Å². The number of likely N-dealkylation sites (tertiary alicyclic amines) is 1. The van der Waals surface area contributed by atoms with Gasteiger partial charge in [-0.15, -0.1) is 11.6 Å². The highest BCUT2D eigenvalue weighted by molar-refractivity contribution is 6.21. The number of halogens is 4. The van der Waals surface area contributed by atoms with Crippen LogP contribution in [0.25, 0.3) is 0 Å². The highest BCUT2D eigenvalue weighted by Crippen LogP contribution is 2.44. The van der Waals surface area contributed by atoms with E-state index in [9.17, 15) is 37.1 Å². The Bertz CT molecular complexity index is 2960. The van der Waals surface area contributed by atoms with E-state index >= 15 is 33.6 Å². The molecule has 8 fully saturated rings. The quantitative estimate of drug-likeness (QED) is 0.225. The van der Waals surface area contributed by atoms with Gasteiger partial charge in [-0.25, -0.2) is 0 Å². The van der Waals surface area contributed by atoms with Crippen molar-refractivity contribution in [2.45, 2.75) is 279 Å². The molecule has 8 rings (SSSR count). The molecule has 3 saturated carbocycles. The number of nitrogens with one attached hydrogen (secondary N) is 3. The number of likely N-dealkylation sites (N-methyl/N-ethyl adjacent to an activating group) is 5. The van der Waals surface area contributed by atoms with E-state index in [0.717, 1.165) is 43.4 Å². The van der Waals surface area contributed by atoms with Crippen molar-refractivity contribution < 1.29 is 70.7 Å². The van der Waals surface area contributed by atoms with Crippen molar-refractivity contribution in [3.05, 3.63) is 0 Å². The number of hydrogen-bond donors (Lipinski definition) is 3. The van der Waals surface area contributed by atoms with Gasteiger partial charge < -0.3 is 60.0 Å². The van der Waals surface area contributed by atoms with Crippen LogP contribution in [0.5, 0.6) is 0 Å². The monoisotopic (exact) mass is 1430 g/mol. The van der Waals surface area contributed by atoms with E-state index in [4.69, 9.17) is 11.6 Å². The first-order chi connectivity index (χ1) is 47.3. The number of alkyl halides is 4. The summed E-state index contributed by atoms with van der Waals surface area (Å²) in [7, 11) is 7.25. The maximum Gasteiger partial charge on any atom is 0.393 e. The summed E-state index contributed by atoms with van der Waals surface area (Å²) in [6.07, 6.45) is 6.39. The maximum absolute atomic E-state index is 15.6. The van der Waals surface area contributed by atoms with Crippen molar-refractivity contribution in [2.24, 2.45) is 29.6 Å². The predicted molar refractivity (Wildman–Crippen MR) is 368 cm³/mol. The number of carbonyl (C=O) groups excluding carboxylic acids is 12. The fourth-order valence-corrected chi connectivity index (χ4v) is 17.7. The van der Waals surface area contributed by atoms with Gasteiger partial charge in [-0.05, 0) is 146 Å². The third kappa shape index (κ3) is 18.4. The average molecular weight is 1430 g/mol. The van der Waals surface area contributed by atoms with Crippen LogP contribution >= 0.6 is 11.6 Å². The molecule has 0 aromatic carbocycles. The van der Waals surface area contributed by atoms with Gasteiger partial charge in [0.2, 0.25) is 70.9 Å². The van der Waals surface area contributed by atoms with Crippen LogP contribution in [0.15, 0.2) is 0 Å². The van der Waals surface area contributed by atoms with E-state index in [1.807, 2.05) is 6.92 Å². The fourth-order valence-electron chi connectivity index (χ4n) is 17.2. The summed E-state index contributed by atoms with van der Waals surface area (Å²) in [5.41, 5.74) is -1.56. The minimum atomic E-state index is -4.51. The Kier molecular flexibility index (Phi) is 27.6. The number of piperidine rings is 2. The molecule has 8 aliphatic rings. The van der Waals surface area contributed by atoms with Gasteiger partial charge >= 0.3 is 6.18 Å². The molecule has 3 N–H and O–H groups in total. The molecule has 0 aromatic rings. The number of rotatable bonds is 9. The summed E-state index contributed by atoms with van der Waals surface area (Å²) in [6, 6.07) is -10.7. The van der Waals surface area contributed by atoms with Crippen LogP contribution in [-0.2, 0) is 57.5 Å². The zero-order valence-electron chi connectivity index (χ0n) is 60.9. The van der Waals surface area contributed by atoms with Gasteiger partial charge in [0, 0.05) is 73.3 Å². The Morgan fingerprint density at radius 1 is 0.570 bits per heavy atom. The maximum atomic E-state index is 15.6. The number of amides is 12. The second kappa shape index (κ2) is 34.8. The van der Waals surface area contributed by atoms with Gasteiger partial charge in [0.15, 0.2) is 0 Å². The molecule has 5 saturated heterocycles. The second-order valence-electron chi connectivity index (χ2n) is 30.8. The number of fused-ring (bicyclic) bond motifs is 3. The van der Waals surface area contributed by atoms with Crippen LogP contribution in [0, 0.1) is 29.6 Å². The van der Waals surface area contributed by atoms with E-state index in [1.54, 1.807) is 32.7 Å². The largest absolute Gasteiger partial charge is 0.393 e. The summed E-state index contributed by atoms with van der Waals surface area (Å²) in [4.78, 5) is 193. The highest BCUT2D eigenvalue weighted by Gasteiger charge is 2.52. The number of carbonyl (C=O) groups is 12. The van der Waals surface area contributed by atoms with E-state index in [-0.39, 0.29) is 102 Å². The first-order valence-electron chi connectivity index (χ1n) is 37.5. The van der Waals surface area contributed by atoms with Crippen LogP contribution in [0.1, 0.15) is 208 Å². The van der Waals surface area contributed by atoms with Crippen LogP contribution in [0.3, 0.4) is 0 Å². The third-order valence-electron chi connectivity index (χ3n) is 23.8. The first-order valence-corrected chi connectivity index (χ1v) is 37.9. The first kappa shape index (κ1) is 79.4. The molecule has 100 heavy (non-hydrogen) atoms. The lowest BCUT2D eigenvalue weighted by atomic mass is 9.78. The molecular weight excluding hydrogens is 1320 g/mol. The molecule has 562 valence electrons. The molecule has 28 heteroatoms. The summed E-state index contributed by atoms with van der Waals surface area (Å²) in [5, 5.41) is 7.71. The Hall–Kier alpha value is -6.28. The minimum absolute atomic E-state index is 0.0100. The van der Waals surface area contributed by atoms with Crippen molar-refractivity contribution >= 4 is 82.5 Å². The molecule has 3 unspecified atom stereocenters. The van der Waals surface area contributed by atoms with Crippen LogP contribution < -0.4 is 16.0 Å². The third-order valence-corrected chi connectivity index (χ3v) is 24.3. The average Bonchev–Trinajstić information content (AvgIpc) is 1.52. The Labute approximate surface area is 594 Å². The lowest BCUT2D eigenvalue weighted by Crippen LogP contribution is -2.65. The molecular formula is C72H114ClF3N12O12. The number of nitrogens with zero attached hydrogens (tertiary/aromatic N) is 9. The molecule has 0 radical (unpaired) electrons. The predicted octanol–water partition coefficient (Wildman–Crippen LogP) is 5.99. The van der Waals surface area contributed by atoms with Gasteiger partial charge in [0.25, 0.3) is 0 Å². The van der Waals surface area contributed by atoms with Gasteiger partial charge in [-0.3, -0.25) is 57.5 Å². The summed E-state index contributed by atoms with van der Waals surface area (Å²) >= 11 is 6.46. The van der Waals surface area contributed by atoms with E-state index in [0.29, 0.717) is 70.9 Å². The van der Waals surface area contributed by atoms with Gasteiger partial charge in [-0.2, -0.15) is 13.2 Å². The molecule has 13 atom stereocenters. The van der Waals surface area contributed by atoms with Crippen molar-refractivity contribution in [1.82, 2.24) is 60.0 Å². The topological polar surface area (TPSA) is 270 Å². The lowest BCUT2D eigenvalue weighted by molar-refractivity contribution is -0.182. The zero-order valence-corrected chi connectivity index (χ0v) is 61.7. The van der Waals surface area contributed by atoms with Gasteiger partial charge in [-0.1, -0.05) is 79.1 Å². The highest BCUT2D eigenvalue weighted by atomic mass is 35.5. The molecule has 12 amide bonds. The molecule has 5 heterocycles. The minimum Gasteiger partial charge on any atom is -0.343 e. The Balaban J connectivity index is 1.16. The van der Waals surface area contributed by atoms with Crippen LogP contribution in [-0.4, -0.2) is 261 Å². The second-order valence-corrected chi connectivity index (χ2v) is 31.4. The Morgan fingerprint density at radius 2 is 1.15 bits per heavy atom. The van der Waals surface area contributed by atoms with E-state index in [1.165, 1.54) is 69.4 Å². The normalized spacial score (nSPS) is 31.7. The smallest absolute Gasteiger partial charge is 0.343 e. The molecule has 5 aliphatic heterocycles. The zero-order chi connectivity index (χ0) is 73.2. The van der Waals surface area contributed by atoms with E-state index < -0.39 is 173 Å². The van der Waals surface area contributed by atoms with Crippen LogP contribution in [0.4, 0.5) is 13.2 Å². The molecule has 0 aromatic heterocycles. The van der Waals surface area contributed by atoms with Crippen molar-refractivity contribution in [3.63, 3.8) is 0 Å². The molecule has 0 bridgehead atoms. The van der Waals surface area contributed by atoms with Crippen molar-refractivity contribution in [3.8, 4) is 0 Å². The van der Waals surface area contributed by atoms with Gasteiger partial charge in [0.05, 0.1) is 18.9 Å². The SMILES string of the molecule is CC[C@H](C)[C@@H]1NC(=O)[C@H](C)N(C)C(=O)C[C@@H](C(=O)N2CCCCC2)N(C)C(=O)[C@H](C(C)C)N(C)C(=O)C2(CCCC2)NC(=O)[C@@H]2CCCN2C(=O)[C@H](CCC2CCC(C(F)(F)F)C(Cl)C2)NC(=O)[C@H]2CCCCN2C(=O)[C@H](CC2CCCCC2)N(C)C(=O)[C@@H]2CCCN2C(=O)CN(C)C1=O. The Morgan fingerprint density at radius 3 is 1.78 bits per heavy atom. The number of hydrogen-bond acceptors (Lipinski definition) is 12. The lowest BCUT2D eigenvalue weighted by Gasteiger charge is -2.42. The standard InChI is InChI=1S/C72H114ClF3N12O12/c1-11-45(4)59-68(98)80(6)43-58(90)86-38-23-28-54(86)65(95)82(8)55(41-47-24-14-12-15-25-47)67(97)88-37-21-16-26-52(88)62(92)77-51(32-30-48-29-31-49(50(73)40-48)72(74,75)76)64(94)87-39-22-27-53(87)63(93)79-71(33-17-18-34-71)70(100)84(10)60(44(2)3)69(99)83(9)56(66(96)85-35-19-13-20-36-85)42-57(89)81(7)46(5)61(91)78-59/h44-56,59-60H,11-43H2,1-10H3,(H,77,92)(H,78,91)(H,79,93)/t45-,46-,48?,49?,50?,51-,52+,53-,54-,55-,56-,59-,60-/m0/s1. The summed E-state index contributed by atoms with van der Waals surface area (Å²) < 4.78 is 42.3. The van der Waals surface area contributed by atoms with E-state index in [2.05, 4.69) is 16.0 Å². The summed E-state index contributed by atoms with van der Waals surface area (Å²) in [5.74, 6) is -10.2. The molecule has 3 aliphatic carbocycles. The van der Waals surface area contributed by atoms with Crippen molar-refractivity contribution in [1.29, 1.82) is 0 Å². The van der Waals surface area contributed by atoms with Crippen LogP contribution in [0.2, 0.25) is 0 Å². The fraction of sp³-hybridized carbons (Fsp3) is 0.833. The molecule has 24 nitrogen and oxygen atoms in total. The van der Waals surface area contributed by atoms with Gasteiger partial charge in [0.1, 0.15) is 59.9 Å².